The molecule has 1 aromatic carbocycles. The van der Waals surface area contributed by atoms with Crippen LogP contribution in [0.15, 0.2) is 18.2 Å². The van der Waals surface area contributed by atoms with Gasteiger partial charge in [-0.15, -0.1) is 0 Å². The van der Waals surface area contributed by atoms with E-state index in [1.807, 2.05) is 14.1 Å². The molecule has 1 rings (SSSR count). The molecule has 0 aliphatic rings. The van der Waals surface area contributed by atoms with Gasteiger partial charge in [0.15, 0.2) is 0 Å². The van der Waals surface area contributed by atoms with Crippen molar-refractivity contribution in [2.24, 2.45) is 0 Å². The highest BCUT2D eigenvalue weighted by Crippen LogP contribution is 2.28. The Kier molecular flexibility index (Phi) is 7.56. The molecule has 0 spiro atoms. The summed E-state index contributed by atoms with van der Waals surface area (Å²) in [6.45, 7) is 2.08. The zero-order chi connectivity index (χ0) is 15.7. The van der Waals surface area contributed by atoms with Gasteiger partial charge in [-0.2, -0.15) is 0 Å². The molecular formula is C15H25N3O3. The van der Waals surface area contributed by atoms with Crippen LogP contribution in [0.5, 0.6) is 11.5 Å². The van der Waals surface area contributed by atoms with Crippen LogP contribution in [0, 0.1) is 0 Å². The van der Waals surface area contributed by atoms with Crippen LogP contribution >= 0.6 is 0 Å². The molecule has 0 aromatic heterocycles. The average molecular weight is 295 g/mol. The Balaban J connectivity index is 2.43. The van der Waals surface area contributed by atoms with Gasteiger partial charge in [0.2, 0.25) is 5.91 Å². The topological polar surface area (TPSA) is 62.8 Å². The Hall–Kier alpha value is -1.79. The van der Waals surface area contributed by atoms with E-state index >= 15 is 0 Å². The summed E-state index contributed by atoms with van der Waals surface area (Å²) in [4.78, 5) is 14.0. The highest BCUT2D eigenvalue weighted by molar-refractivity contribution is 5.93. The van der Waals surface area contributed by atoms with E-state index in [2.05, 4.69) is 15.5 Å². The first kappa shape index (κ1) is 17.3. The first-order valence-electron chi connectivity index (χ1n) is 6.94. The van der Waals surface area contributed by atoms with Crippen molar-refractivity contribution in [2.75, 3.05) is 53.3 Å². The monoisotopic (exact) mass is 295 g/mol. The standard InChI is InChI=1S/C15H25N3O3/c1-18(2)9-5-8-16-11-15(19)17-13-10-12(20-3)6-7-14(13)21-4/h6-7,10,16H,5,8-9,11H2,1-4H3,(H,17,19). The minimum Gasteiger partial charge on any atom is -0.497 e. The Morgan fingerprint density at radius 2 is 2.00 bits per heavy atom. The number of nitrogens with one attached hydrogen (secondary N) is 2. The number of anilines is 1. The molecule has 0 fully saturated rings. The Morgan fingerprint density at radius 1 is 1.24 bits per heavy atom. The maximum atomic E-state index is 11.9. The van der Waals surface area contributed by atoms with E-state index in [1.165, 1.54) is 0 Å². The number of ether oxygens (including phenoxy) is 2. The summed E-state index contributed by atoms with van der Waals surface area (Å²) in [6.07, 6.45) is 1.00. The van der Waals surface area contributed by atoms with Crippen LogP contribution in [-0.4, -0.2) is 58.8 Å². The van der Waals surface area contributed by atoms with E-state index in [1.54, 1.807) is 32.4 Å². The summed E-state index contributed by atoms with van der Waals surface area (Å²) in [5.74, 6) is 1.17. The van der Waals surface area contributed by atoms with Gasteiger partial charge in [-0.3, -0.25) is 4.79 Å². The van der Waals surface area contributed by atoms with Gasteiger partial charge >= 0.3 is 0 Å². The van der Waals surface area contributed by atoms with Crippen LogP contribution in [0.4, 0.5) is 5.69 Å². The number of carbonyl (C=O) groups is 1. The molecule has 0 bridgehead atoms. The number of methoxy groups -OCH3 is 2. The van der Waals surface area contributed by atoms with Gasteiger partial charge in [0.25, 0.3) is 0 Å². The lowest BCUT2D eigenvalue weighted by molar-refractivity contribution is -0.115. The molecule has 6 heteroatoms. The quantitative estimate of drug-likeness (QED) is 0.670. The molecule has 1 aromatic rings. The molecule has 1 amide bonds. The van der Waals surface area contributed by atoms with Gasteiger partial charge in [0, 0.05) is 6.07 Å². The lowest BCUT2D eigenvalue weighted by atomic mass is 10.2. The van der Waals surface area contributed by atoms with Gasteiger partial charge in [-0.25, -0.2) is 0 Å². The van der Waals surface area contributed by atoms with Crippen molar-refractivity contribution >= 4 is 11.6 Å². The fraction of sp³-hybridized carbons (Fsp3) is 0.533. The van der Waals surface area contributed by atoms with E-state index < -0.39 is 0 Å². The van der Waals surface area contributed by atoms with Crippen molar-refractivity contribution in [2.45, 2.75) is 6.42 Å². The minimum atomic E-state index is -0.105. The number of carbonyl (C=O) groups excluding carboxylic acids is 1. The maximum absolute atomic E-state index is 11.9. The number of hydrogen-bond acceptors (Lipinski definition) is 5. The number of amides is 1. The van der Waals surface area contributed by atoms with Crippen molar-refractivity contribution < 1.29 is 14.3 Å². The number of nitrogens with zero attached hydrogens (tertiary/aromatic N) is 1. The van der Waals surface area contributed by atoms with E-state index in [4.69, 9.17) is 9.47 Å². The SMILES string of the molecule is COc1ccc(OC)c(NC(=O)CNCCCN(C)C)c1. The molecule has 2 N–H and O–H groups in total. The largest absolute Gasteiger partial charge is 0.497 e. The molecule has 0 heterocycles. The van der Waals surface area contributed by atoms with E-state index in [0.717, 1.165) is 19.5 Å². The molecule has 0 atom stereocenters. The summed E-state index contributed by atoms with van der Waals surface area (Å²) in [7, 11) is 7.21. The van der Waals surface area contributed by atoms with Crippen LogP contribution < -0.4 is 20.1 Å². The Morgan fingerprint density at radius 3 is 2.62 bits per heavy atom. The fourth-order valence-corrected chi connectivity index (χ4v) is 1.83. The summed E-state index contributed by atoms with van der Waals surface area (Å²) < 4.78 is 10.4. The third-order valence-corrected chi connectivity index (χ3v) is 2.93. The first-order chi connectivity index (χ1) is 10.1. The zero-order valence-electron chi connectivity index (χ0n) is 13.2. The molecule has 6 nitrogen and oxygen atoms in total. The van der Waals surface area contributed by atoms with Crippen molar-refractivity contribution in [3.05, 3.63) is 18.2 Å². The molecule has 0 saturated heterocycles. The van der Waals surface area contributed by atoms with Gasteiger partial charge in [0.1, 0.15) is 11.5 Å². The summed E-state index contributed by atoms with van der Waals surface area (Å²) in [5, 5.41) is 5.94. The summed E-state index contributed by atoms with van der Waals surface area (Å²) >= 11 is 0. The van der Waals surface area contributed by atoms with Crippen molar-refractivity contribution in [1.29, 1.82) is 0 Å². The third kappa shape index (κ3) is 6.46. The zero-order valence-corrected chi connectivity index (χ0v) is 13.2. The van der Waals surface area contributed by atoms with Gasteiger partial charge in [-0.1, -0.05) is 0 Å². The molecule has 118 valence electrons. The van der Waals surface area contributed by atoms with Gasteiger partial charge < -0.3 is 25.0 Å². The molecule has 0 unspecified atom stereocenters. The normalized spacial score (nSPS) is 10.5. The van der Waals surface area contributed by atoms with Crippen molar-refractivity contribution in [3.8, 4) is 11.5 Å². The third-order valence-electron chi connectivity index (χ3n) is 2.93. The number of rotatable bonds is 9. The molecule has 0 aliphatic carbocycles. The highest BCUT2D eigenvalue weighted by Gasteiger charge is 2.08. The Labute approximate surface area is 126 Å². The molecular weight excluding hydrogens is 270 g/mol. The first-order valence-corrected chi connectivity index (χ1v) is 6.94. The molecule has 0 radical (unpaired) electrons. The molecule has 0 saturated carbocycles. The summed E-state index contributed by atoms with van der Waals surface area (Å²) in [6, 6.07) is 5.29. The van der Waals surface area contributed by atoms with Crippen LogP contribution in [0.1, 0.15) is 6.42 Å². The van der Waals surface area contributed by atoms with E-state index in [0.29, 0.717) is 17.2 Å². The predicted octanol–water partition coefficient (Wildman–Crippen LogP) is 1.18. The Bertz CT molecular complexity index is 450. The molecule has 21 heavy (non-hydrogen) atoms. The lowest BCUT2D eigenvalue weighted by Gasteiger charge is -2.12. The average Bonchev–Trinajstić information content (AvgIpc) is 2.46. The lowest BCUT2D eigenvalue weighted by Crippen LogP contribution is -2.30. The van der Waals surface area contributed by atoms with Crippen LogP contribution in [0.2, 0.25) is 0 Å². The number of benzene rings is 1. The smallest absolute Gasteiger partial charge is 0.238 e. The van der Waals surface area contributed by atoms with Gasteiger partial charge in [0.05, 0.1) is 26.5 Å². The van der Waals surface area contributed by atoms with Gasteiger partial charge in [-0.05, 0) is 45.7 Å². The van der Waals surface area contributed by atoms with Crippen LogP contribution in [0.3, 0.4) is 0 Å². The second-order valence-electron chi connectivity index (χ2n) is 4.95. The van der Waals surface area contributed by atoms with E-state index in [-0.39, 0.29) is 12.5 Å². The summed E-state index contributed by atoms with van der Waals surface area (Å²) in [5.41, 5.74) is 0.608. The predicted molar refractivity (Wildman–Crippen MR) is 84.2 cm³/mol. The fourth-order valence-electron chi connectivity index (χ4n) is 1.83. The number of hydrogen-bond donors (Lipinski definition) is 2. The molecule has 0 aliphatic heterocycles. The second-order valence-corrected chi connectivity index (χ2v) is 4.95. The highest BCUT2D eigenvalue weighted by atomic mass is 16.5. The van der Waals surface area contributed by atoms with Crippen molar-refractivity contribution in [1.82, 2.24) is 10.2 Å². The minimum absolute atomic E-state index is 0.105. The second kappa shape index (κ2) is 9.20. The maximum Gasteiger partial charge on any atom is 0.238 e. The van der Waals surface area contributed by atoms with Crippen LogP contribution in [0.25, 0.3) is 0 Å². The van der Waals surface area contributed by atoms with E-state index in [9.17, 15) is 4.79 Å². The van der Waals surface area contributed by atoms with Crippen LogP contribution in [-0.2, 0) is 4.79 Å². The van der Waals surface area contributed by atoms with Crippen molar-refractivity contribution in [3.63, 3.8) is 0 Å².